The Morgan fingerprint density at radius 1 is 1.53 bits per heavy atom. The Kier molecular flexibility index (Phi) is 4.51. The number of carbonyl (C=O) groups excluding carboxylic acids is 2. The normalized spacial score (nSPS) is 16.9. The van der Waals surface area contributed by atoms with Crippen LogP contribution in [0.15, 0.2) is 0 Å². The lowest BCUT2D eigenvalue weighted by Crippen LogP contribution is -2.39. The molecule has 1 unspecified atom stereocenters. The first-order chi connectivity index (χ1) is 7.13. The van der Waals surface area contributed by atoms with Crippen LogP contribution in [0.4, 0.5) is 0 Å². The molecule has 0 saturated heterocycles. The Morgan fingerprint density at radius 3 is 2.73 bits per heavy atom. The number of amides is 2. The minimum absolute atomic E-state index is 0.253. The molecule has 0 bridgehead atoms. The van der Waals surface area contributed by atoms with Crippen molar-refractivity contribution < 1.29 is 19.4 Å². The number of carbonyl (C=O) groups is 2. The van der Waals surface area contributed by atoms with Gasteiger partial charge in [-0.2, -0.15) is 0 Å². The van der Waals surface area contributed by atoms with Gasteiger partial charge in [0.25, 0.3) is 5.91 Å². The first-order valence-electron chi connectivity index (χ1n) is 5.00. The van der Waals surface area contributed by atoms with Crippen molar-refractivity contribution in [3.63, 3.8) is 0 Å². The summed E-state index contributed by atoms with van der Waals surface area (Å²) in [5, 5.41) is 14.2. The zero-order valence-corrected chi connectivity index (χ0v) is 8.66. The van der Waals surface area contributed by atoms with Gasteiger partial charge in [0, 0.05) is 12.6 Å². The van der Waals surface area contributed by atoms with E-state index in [-0.39, 0.29) is 18.6 Å². The van der Waals surface area contributed by atoms with Gasteiger partial charge in [-0.05, 0) is 19.8 Å². The summed E-state index contributed by atoms with van der Waals surface area (Å²) in [7, 11) is 0. The quantitative estimate of drug-likeness (QED) is 0.483. The minimum atomic E-state index is -1.57. The minimum Gasteiger partial charge on any atom is -0.360 e. The van der Waals surface area contributed by atoms with Crippen molar-refractivity contribution in [2.45, 2.75) is 32.1 Å². The van der Waals surface area contributed by atoms with E-state index in [1.165, 1.54) is 0 Å². The number of nitrogens with one attached hydrogen (secondary N) is 2. The van der Waals surface area contributed by atoms with E-state index in [4.69, 9.17) is 5.11 Å². The molecule has 1 aliphatic carbocycles. The second kappa shape index (κ2) is 5.67. The molecule has 1 atom stereocenters. The molecule has 0 aliphatic heterocycles. The van der Waals surface area contributed by atoms with Gasteiger partial charge in [0.15, 0.2) is 0 Å². The van der Waals surface area contributed by atoms with Crippen LogP contribution in [0.2, 0.25) is 0 Å². The molecule has 1 aliphatic rings. The zero-order chi connectivity index (χ0) is 11.3. The van der Waals surface area contributed by atoms with Crippen molar-refractivity contribution in [1.29, 1.82) is 0 Å². The van der Waals surface area contributed by atoms with Crippen LogP contribution in [0.5, 0.6) is 0 Å². The monoisotopic (exact) mass is 216 g/mol. The lowest BCUT2D eigenvalue weighted by Gasteiger charge is -2.11. The molecule has 0 radical (unpaired) electrons. The third-order valence-electron chi connectivity index (χ3n) is 1.89. The van der Waals surface area contributed by atoms with Crippen LogP contribution in [-0.4, -0.2) is 42.4 Å². The highest BCUT2D eigenvalue weighted by molar-refractivity contribution is 5.80. The van der Waals surface area contributed by atoms with Crippen LogP contribution < -0.4 is 10.6 Å². The van der Waals surface area contributed by atoms with Crippen LogP contribution in [0, 0.1) is 0 Å². The number of hydrogen-bond donors (Lipinski definition) is 3. The summed E-state index contributed by atoms with van der Waals surface area (Å²) in [6.07, 6.45) is 0.407. The van der Waals surface area contributed by atoms with Crippen LogP contribution in [0.1, 0.15) is 19.8 Å². The summed E-state index contributed by atoms with van der Waals surface area (Å²) in [5.41, 5.74) is 0. The molecule has 3 N–H and O–H groups in total. The van der Waals surface area contributed by atoms with Gasteiger partial charge in [-0.3, -0.25) is 9.59 Å². The number of aliphatic hydroxyl groups excluding tert-OH is 1. The van der Waals surface area contributed by atoms with Crippen molar-refractivity contribution in [3.05, 3.63) is 0 Å². The third-order valence-corrected chi connectivity index (χ3v) is 1.89. The summed E-state index contributed by atoms with van der Waals surface area (Å²) >= 11 is 0. The fourth-order valence-corrected chi connectivity index (χ4v) is 0.989. The van der Waals surface area contributed by atoms with Crippen LogP contribution in [0.25, 0.3) is 0 Å². The molecule has 0 aromatic heterocycles. The van der Waals surface area contributed by atoms with E-state index in [1.54, 1.807) is 6.92 Å². The zero-order valence-electron chi connectivity index (χ0n) is 8.66. The molecule has 86 valence electrons. The Balaban J connectivity index is 2.11. The molecule has 1 fully saturated rings. The summed E-state index contributed by atoms with van der Waals surface area (Å²) < 4.78 is 4.68. The van der Waals surface area contributed by atoms with E-state index >= 15 is 0 Å². The molecule has 1 rings (SSSR count). The smallest absolute Gasteiger partial charge is 0.276 e. The van der Waals surface area contributed by atoms with Crippen molar-refractivity contribution >= 4 is 11.8 Å². The largest absolute Gasteiger partial charge is 0.360 e. The SMILES string of the molecule is CCNC(=O)C(O)OCC(=O)NC1CC1. The van der Waals surface area contributed by atoms with Gasteiger partial charge in [0.2, 0.25) is 12.2 Å². The highest BCUT2D eigenvalue weighted by atomic mass is 16.6. The Labute approximate surface area is 88.0 Å². The lowest BCUT2D eigenvalue weighted by molar-refractivity contribution is -0.161. The second-order valence-corrected chi connectivity index (χ2v) is 3.40. The van der Waals surface area contributed by atoms with Gasteiger partial charge < -0.3 is 20.5 Å². The standard InChI is InChI=1S/C9H16N2O4/c1-2-10-8(13)9(14)15-5-7(12)11-6-3-4-6/h6,9,14H,2-5H2,1H3,(H,10,13)(H,11,12). The molecule has 15 heavy (non-hydrogen) atoms. The summed E-state index contributed by atoms with van der Waals surface area (Å²) in [6, 6.07) is 0.253. The van der Waals surface area contributed by atoms with E-state index < -0.39 is 12.2 Å². The number of likely N-dealkylation sites (N-methyl/N-ethyl adjacent to an activating group) is 1. The summed E-state index contributed by atoms with van der Waals surface area (Å²) in [5.74, 6) is -0.933. The van der Waals surface area contributed by atoms with Gasteiger partial charge >= 0.3 is 0 Å². The summed E-state index contributed by atoms with van der Waals surface area (Å²) in [4.78, 5) is 22.1. The van der Waals surface area contributed by atoms with Crippen LogP contribution in [-0.2, 0) is 14.3 Å². The van der Waals surface area contributed by atoms with Gasteiger partial charge in [-0.15, -0.1) is 0 Å². The Bertz CT molecular complexity index is 240. The van der Waals surface area contributed by atoms with Crippen LogP contribution in [0.3, 0.4) is 0 Å². The number of hydrogen-bond acceptors (Lipinski definition) is 4. The highest BCUT2D eigenvalue weighted by Gasteiger charge is 2.24. The maximum absolute atomic E-state index is 11.1. The molecule has 0 aromatic rings. The van der Waals surface area contributed by atoms with Crippen molar-refractivity contribution in [1.82, 2.24) is 10.6 Å². The maximum atomic E-state index is 11.1. The van der Waals surface area contributed by atoms with Crippen molar-refractivity contribution in [2.75, 3.05) is 13.2 Å². The van der Waals surface area contributed by atoms with Gasteiger partial charge in [0.1, 0.15) is 6.61 Å². The predicted octanol–water partition coefficient (Wildman–Crippen LogP) is -1.26. The van der Waals surface area contributed by atoms with Gasteiger partial charge in [0.05, 0.1) is 0 Å². The number of ether oxygens (including phenoxy) is 1. The maximum Gasteiger partial charge on any atom is 0.276 e. The topological polar surface area (TPSA) is 87.7 Å². The van der Waals surface area contributed by atoms with Gasteiger partial charge in [-0.25, -0.2) is 0 Å². The summed E-state index contributed by atoms with van der Waals surface area (Å²) in [6.45, 7) is 1.84. The molecule has 0 heterocycles. The molecule has 0 spiro atoms. The molecule has 2 amide bonds. The molecule has 1 saturated carbocycles. The van der Waals surface area contributed by atoms with Gasteiger partial charge in [-0.1, -0.05) is 0 Å². The van der Waals surface area contributed by atoms with Crippen molar-refractivity contribution in [2.24, 2.45) is 0 Å². The first-order valence-corrected chi connectivity index (χ1v) is 5.00. The fraction of sp³-hybridized carbons (Fsp3) is 0.778. The molecular formula is C9H16N2O4. The number of rotatable bonds is 6. The van der Waals surface area contributed by atoms with E-state index in [0.29, 0.717) is 6.54 Å². The lowest BCUT2D eigenvalue weighted by atomic mass is 10.5. The Morgan fingerprint density at radius 2 is 2.20 bits per heavy atom. The van der Waals surface area contributed by atoms with E-state index in [2.05, 4.69) is 15.4 Å². The average Bonchev–Trinajstić information content (AvgIpc) is 2.98. The predicted molar refractivity (Wildman–Crippen MR) is 51.8 cm³/mol. The van der Waals surface area contributed by atoms with E-state index in [1.807, 2.05) is 0 Å². The molecular weight excluding hydrogens is 200 g/mol. The number of aliphatic hydroxyl groups is 1. The molecule has 6 heteroatoms. The average molecular weight is 216 g/mol. The highest BCUT2D eigenvalue weighted by Crippen LogP contribution is 2.18. The first kappa shape index (κ1) is 11.9. The van der Waals surface area contributed by atoms with E-state index in [0.717, 1.165) is 12.8 Å². The molecule has 0 aromatic carbocycles. The fourth-order valence-electron chi connectivity index (χ4n) is 0.989. The Hall–Kier alpha value is -1.14. The molecule has 6 nitrogen and oxygen atoms in total. The van der Waals surface area contributed by atoms with Crippen molar-refractivity contribution in [3.8, 4) is 0 Å². The van der Waals surface area contributed by atoms with Crippen LogP contribution >= 0.6 is 0 Å². The second-order valence-electron chi connectivity index (χ2n) is 3.40. The third kappa shape index (κ3) is 4.75. The van der Waals surface area contributed by atoms with E-state index in [9.17, 15) is 9.59 Å².